The van der Waals surface area contributed by atoms with E-state index in [0.717, 1.165) is 51.3 Å². The number of likely N-dealkylation sites (tertiary alicyclic amines) is 1. The first kappa shape index (κ1) is 29.3. The number of nitrogens with zero attached hydrogens (tertiary/aromatic N) is 10. The van der Waals surface area contributed by atoms with Crippen molar-refractivity contribution in [1.29, 1.82) is 0 Å². The van der Waals surface area contributed by atoms with E-state index >= 15 is 0 Å². The lowest BCUT2D eigenvalue weighted by Crippen LogP contribution is -2.66. The van der Waals surface area contributed by atoms with Crippen LogP contribution in [0, 0.1) is 5.92 Å². The van der Waals surface area contributed by atoms with Crippen LogP contribution >= 0.6 is 0 Å². The molecule has 1 amide bonds. The maximum Gasteiger partial charge on any atom is 0.394 e. The number of piperazine rings is 2. The molecule has 2 N–H and O–H groups in total. The Labute approximate surface area is 252 Å². The molecular formula is C28H38F3N11O2. The predicted molar refractivity (Wildman–Crippen MR) is 155 cm³/mol. The number of hydrogen-bond acceptors (Lipinski definition) is 10. The lowest BCUT2D eigenvalue weighted by Gasteiger charge is -2.50. The summed E-state index contributed by atoms with van der Waals surface area (Å²) >= 11 is 0. The first-order chi connectivity index (χ1) is 21.2. The summed E-state index contributed by atoms with van der Waals surface area (Å²) in [5.41, 5.74) is 2.25. The van der Waals surface area contributed by atoms with Gasteiger partial charge in [-0.3, -0.25) is 19.3 Å². The second kappa shape index (κ2) is 11.5. The predicted octanol–water partition coefficient (Wildman–Crippen LogP) is 1.26. The number of aliphatic hydroxyl groups excluding tert-OH is 1. The zero-order chi connectivity index (χ0) is 30.6. The lowest BCUT2D eigenvalue weighted by atomic mass is 9.99. The normalized spacial score (nSPS) is 24.7. The molecule has 3 aromatic heterocycles. The second-order valence-corrected chi connectivity index (χ2v) is 12.2. The number of carbonyl (C=O) groups is 1. The summed E-state index contributed by atoms with van der Waals surface area (Å²) < 4.78 is 42.3. The van der Waals surface area contributed by atoms with E-state index in [4.69, 9.17) is 4.98 Å². The van der Waals surface area contributed by atoms with Gasteiger partial charge < -0.3 is 25.1 Å². The number of halogens is 3. The maximum absolute atomic E-state index is 13.0. The van der Waals surface area contributed by atoms with E-state index in [-0.39, 0.29) is 37.6 Å². The molecule has 0 aromatic carbocycles. The van der Waals surface area contributed by atoms with Crippen molar-refractivity contribution in [2.75, 3.05) is 69.1 Å². The number of hydrogen-bond donors (Lipinski definition) is 2. The highest BCUT2D eigenvalue weighted by molar-refractivity contribution is 5.76. The largest absolute Gasteiger partial charge is 0.394 e. The Balaban J connectivity index is 0.987. The number of amides is 1. The molecular weight excluding hydrogens is 579 g/mol. The highest BCUT2D eigenvalue weighted by Crippen LogP contribution is 2.39. The highest BCUT2D eigenvalue weighted by Gasteiger charge is 2.52. The number of nitrogens with one attached hydrogen (secondary N) is 1. The summed E-state index contributed by atoms with van der Waals surface area (Å²) in [5.74, 6) is -0.927. The summed E-state index contributed by atoms with van der Waals surface area (Å²) in [6.07, 6.45) is 1.76. The maximum atomic E-state index is 13.0. The number of pyridine rings is 1. The average molecular weight is 618 g/mol. The molecule has 7 rings (SSSR count). The van der Waals surface area contributed by atoms with E-state index in [0.29, 0.717) is 30.4 Å². The minimum Gasteiger partial charge on any atom is -0.365 e. The van der Waals surface area contributed by atoms with Gasteiger partial charge in [0.05, 0.1) is 23.5 Å². The number of anilines is 3. The molecule has 0 aliphatic carbocycles. The second-order valence-electron chi connectivity index (χ2n) is 12.2. The van der Waals surface area contributed by atoms with E-state index in [2.05, 4.69) is 32.2 Å². The van der Waals surface area contributed by atoms with Crippen molar-refractivity contribution in [3.8, 4) is 0 Å². The number of carbonyl (C=O) groups excluding carboxylic acids is 1. The minimum absolute atomic E-state index is 0.0264. The Bertz CT molecular complexity index is 1470. The van der Waals surface area contributed by atoms with Crippen molar-refractivity contribution >= 4 is 28.9 Å². The molecule has 4 saturated heterocycles. The van der Waals surface area contributed by atoms with Crippen LogP contribution in [0.4, 0.5) is 30.5 Å². The van der Waals surface area contributed by atoms with Crippen LogP contribution in [0.25, 0.3) is 5.65 Å². The molecule has 4 fully saturated rings. The number of alkyl halides is 3. The van der Waals surface area contributed by atoms with Crippen molar-refractivity contribution in [2.45, 2.75) is 50.9 Å². The van der Waals surface area contributed by atoms with E-state index in [9.17, 15) is 23.1 Å². The van der Waals surface area contributed by atoms with Crippen molar-refractivity contribution in [3.63, 3.8) is 0 Å². The highest BCUT2D eigenvalue weighted by atomic mass is 19.4. The quantitative estimate of drug-likeness (QED) is 0.383. The van der Waals surface area contributed by atoms with Crippen LogP contribution in [0.3, 0.4) is 0 Å². The zero-order valence-electron chi connectivity index (χ0n) is 24.6. The van der Waals surface area contributed by atoms with Crippen LogP contribution < -0.4 is 10.2 Å². The Kier molecular flexibility index (Phi) is 7.63. The molecule has 0 spiro atoms. The fourth-order valence-corrected chi connectivity index (χ4v) is 6.99. The molecule has 0 radical (unpaired) electrons. The number of aromatic nitrogens is 5. The van der Waals surface area contributed by atoms with Gasteiger partial charge in [-0.1, -0.05) is 6.92 Å². The van der Waals surface area contributed by atoms with Gasteiger partial charge in [-0.15, -0.1) is 5.10 Å². The van der Waals surface area contributed by atoms with Gasteiger partial charge in [0.15, 0.2) is 12.0 Å². The molecule has 238 valence electrons. The molecule has 44 heavy (non-hydrogen) atoms. The zero-order valence-corrected chi connectivity index (χ0v) is 24.6. The molecule has 4 aliphatic rings. The van der Waals surface area contributed by atoms with Crippen LogP contribution in [-0.2, 0) is 11.3 Å². The Morgan fingerprint density at radius 2 is 1.84 bits per heavy atom. The van der Waals surface area contributed by atoms with Gasteiger partial charge in [0.1, 0.15) is 6.54 Å². The molecule has 2 bridgehead atoms. The first-order valence-corrected chi connectivity index (χ1v) is 15.3. The summed E-state index contributed by atoms with van der Waals surface area (Å²) in [4.78, 5) is 27.5. The van der Waals surface area contributed by atoms with Gasteiger partial charge in [-0.2, -0.15) is 23.3 Å². The third-order valence-electron chi connectivity index (χ3n) is 9.55. The van der Waals surface area contributed by atoms with Crippen LogP contribution in [0.2, 0.25) is 0 Å². The number of aliphatic hydroxyl groups is 1. The average Bonchev–Trinajstić information content (AvgIpc) is 3.66. The number of likely N-dealkylation sites (N-methyl/N-ethyl adjacent to an activating group) is 1. The topological polar surface area (TPSA) is 114 Å². The van der Waals surface area contributed by atoms with E-state index in [1.807, 2.05) is 28.1 Å². The van der Waals surface area contributed by atoms with Gasteiger partial charge in [-0.05, 0) is 31.5 Å². The SMILES string of the molecule is CCN1CCN(C(=O)Cn2cc(Nc3nc4c(N5CC6CCC(C5)N6C(O)N5CC(C(F)(F)F)C5)cccn4n3)cn2)CC1. The van der Waals surface area contributed by atoms with Crippen molar-refractivity contribution < 1.29 is 23.1 Å². The van der Waals surface area contributed by atoms with Gasteiger partial charge in [0.2, 0.25) is 11.9 Å². The van der Waals surface area contributed by atoms with Gasteiger partial charge in [0, 0.05) is 76.8 Å². The molecule has 7 heterocycles. The summed E-state index contributed by atoms with van der Waals surface area (Å²) in [5, 5.41) is 23.1. The van der Waals surface area contributed by atoms with Crippen LogP contribution in [0.1, 0.15) is 19.8 Å². The summed E-state index contributed by atoms with van der Waals surface area (Å²) in [6.45, 7) is 7.46. The lowest BCUT2D eigenvalue weighted by molar-refractivity contribution is -0.249. The molecule has 3 aromatic rings. The summed E-state index contributed by atoms with van der Waals surface area (Å²) in [6, 6.07) is 3.95. The Morgan fingerprint density at radius 3 is 2.52 bits per heavy atom. The van der Waals surface area contributed by atoms with Gasteiger partial charge in [-0.25, -0.2) is 4.52 Å². The first-order valence-electron chi connectivity index (χ1n) is 15.3. The molecule has 16 heteroatoms. The van der Waals surface area contributed by atoms with Crippen LogP contribution in [-0.4, -0.2) is 139 Å². The smallest absolute Gasteiger partial charge is 0.365 e. The van der Waals surface area contributed by atoms with E-state index < -0.39 is 18.4 Å². The fourth-order valence-electron chi connectivity index (χ4n) is 6.99. The van der Waals surface area contributed by atoms with Gasteiger partial charge >= 0.3 is 6.18 Å². The van der Waals surface area contributed by atoms with Crippen LogP contribution in [0.15, 0.2) is 30.7 Å². The molecule has 4 aliphatic heterocycles. The van der Waals surface area contributed by atoms with E-state index in [1.54, 1.807) is 21.6 Å². The molecule has 0 saturated carbocycles. The molecule has 3 unspecified atom stereocenters. The van der Waals surface area contributed by atoms with Crippen molar-refractivity contribution in [2.24, 2.45) is 5.92 Å². The standard InChI is InChI=1S/C28H38F3N11O2/c1-2-36-8-10-37(11-9-36)24(43)18-40-15-20(12-32-40)33-26-34-25-23(4-3-7-41(25)35-26)38-16-21-5-6-22(17-38)42(21)27(44)39-13-19(14-39)28(29,30)31/h3-4,7,12,15,19,21-22,27,44H,2,5-6,8-11,13-14,16-18H2,1H3,(H,33,35). The van der Waals surface area contributed by atoms with Crippen molar-refractivity contribution in [1.82, 2.24) is 44.0 Å². The fraction of sp³-hybridized carbons (Fsp3) is 0.643. The molecule has 13 nitrogen and oxygen atoms in total. The minimum atomic E-state index is -4.22. The Morgan fingerprint density at radius 1 is 1.11 bits per heavy atom. The summed E-state index contributed by atoms with van der Waals surface area (Å²) in [7, 11) is 0. The Hall–Kier alpha value is -3.47. The van der Waals surface area contributed by atoms with Crippen LogP contribution in [0.5, 0.6) is 0 Å². The third kappa shape index (κ3) is 5.59. The number of rotatable bonds is 8. The number of fused-ring (bicyclic) bond motifs is 3. The monoisotopic (exact) mass is 617 g/mol. The van der Waals surface area contributed by atoms with Crippen molar-refractivity contribution in [3.05, 3.63) is 30.7 Å². The third-order valence-corrected chi connectivity index (χ3v) is 9.55. The van der Waals surface area contributed by atoms with Gasteiger partial charge in [0.25, 0.3) is 0 Å². The van der Waals surface area contributed by atoms with E-state index in [1.165, 1.54) is 4.90 Å². The molecule has 3 atom stereocenters.